The molecule has 1 spiro atoms. The molecule has 0 radical (unpaired) electrons. The Morgan fingerprint density at radius 2 is 2.22 bits per heavy atom. The van der Waals surface area contributed by atoms with Gasteiger partial charge in [-0.3, -0.25) is 4.79 Å². The van der Waals surface area contributed by atoms with Crippen LogP contribution in [0.4, 0.5) is 0 Å². The molecule has 3 rings (SSSR count). The third-order valence-electron chi connectivity index (χ3n) is 4.19. The number of carbonyl (C=O) groups is 1. The molecule has 1 aliphatic heterocycles. The van der Waals surface area contributed by atoms with Gasteiger partial charge in [0, 0.05) is 22.4 Å². The fraction of sp³-hybridized carbons (Fsp3) is 0.643. The minimum Gasteiger partial charge on any atom is -0.375 e. The largest absolute Gasteiger partial charge is 0.375 e. The molecule has 2 nitrogen and oxygen atoms in total. The highest BCUT2D eigenvalue weighted by molar-refractivity contribution is 9.10. The molecule has 18 heavy (non-hydrogen) atoms. The van der Waals surface area contributed by atoms with Crippen molar-refractivity contribution in [1.82, 2.24) is 0 Å². The Kier molecular flexibility index (Phi) is 3.61. The lowest BCUT2D eigenvalue weighted by molar-refractivity contribution is -0.0865. The molecule has 0 amide bonds. The molecule has 1 aliphatic carbocycles. The number of hydrogen-bond acceptors (Lipinski definition) is 3. The minimum atomic E-state index is 0.0348. The second-order valence-electron chi connectivity index (χ2n) is 5.42. The van der Waals surface area contributed by atoms with E-state index in [2.05, 4.69) is 15.9 Å². The second-order valence-corrected chi connectivity index (χ2v) is 7.25. The van der Waals surface area contributed by atoms with Crippen LogP contribution in [0, 0.1) is 5.92 Å². The fourth-order valence-corrected chi connectivity index (χ4v) is 4.71. The zero-order valence-corrected chi connectivity index (χ0v) is 12.7. The average molecular weight is 329 g/mol. The van der Waals surface area contributed by atoms with Crippen molar-refractivity contribution in [2.45, 2.75) is 44.1 Å². The molecule has 1 saturated heterocycles. The number of thiophene rings is 1. The number of ketones is 1. The van der Waals surface area contributed by atoms with Gasteiger partial charge in [-0.25, -0.2) is 0 Å². The van der Waals surface area contributed by atoms with Crippen LogP contribution in [0.3, 0.4) is 0 Å². The summed E-state index contributed by atoms with van der Waals surface area (Å²) in [7, 11) is 0. The Labute approximate surface area is 120 Å². The molecule has 98 valence electrons. The van der Waals surface area contributed by atoms with Gasteiger partial charge in [0.25, 0.3) is 0 Å². The van der Waals surface area contributed by atoms with Crippen LogP contribution < -0.4 is 0 Å². The van der Waals surface area contributed by atoms with E-state index in [4.69, 9.17) is 4.74 Å². The Hall–Kier alpha value is -0.190. The maximum absolute atomic E-state index is 12.5. The Bertz CT molecular complexity index is 448. The van der Waals surface area contributed by atoms with Crippen LogP contribution in [0.2, 0.25) is 0 Å². The summed E-state index contributed by atoms with van der Waals surface area (Å²) in [6, 6.07) is 1.95. The summed E-state index contributed by atoms with van der Waals surface area (Å²) in [4.78, 5) is 13.4. The van der Waals surface area contributed by atoms with Crippen molar-refractivity contribution in [2.24, 2.45) is 5.92 Å². The summed E-state index contributed by atoms with van der Waals surface area (Å²) in [6.45, 7) is 0.753. The topological polar surface area (TPSA) is 26.3 Å². The molecule has 0 N–H and O–H groups in total. The van der Waals surface area contributed by atoms with Gasteiger partial charge in [-0.15, -0.1) is 11.3 Å². The molecular formula is C14H17BrO2S. The van der Waals surface area contributed by atoms with Gasteiger partial charge in [-0.1, -0.05) is 12.8 Å². The molecule has 0 aromatic carbocycles. The smallest absolute Gasteiger partial charge is 0.176 e. The number of ether oxygens (including phenoxy) is 1. The van der Waals surface area contributed by atoms with Gasteiger partial charge in [0.15, 0.2) is 5.78 Å². The molecule has 4 heteroatoms. The van der Waals surface area contributed by atoms with E-state index in [0.29, 0.717) is 5.78 Å². The number of rotatable bonds is 2. The summed E-state index contributed by atoms with van der Waals surface area (Å²) in [5.41, 5.74) is 0.0348. The monoisotopic (exact) mass is 328 g/mol. The third-order valence-corrected chi connectivity index (χ3v) is 5.89. The Morgan fingerprint density at radius 1 is 1.44 bits per heavy atom. The SMILES string of the molecule is O=C(c1cc(Br)cs1)C1CCOC2(CCCC2)C1. The molecule has 1 aromatic heterocycles. The van der Waals surface area contributed by atoms with Crippen molar-refractivity contribution in [2.75, 3.05) is 6.61 Å². The molecular weight excluding hydrogens is 312 g/mol. The maximum atomic E-state index is 12.5. The average Bonchev–Trinajstić information content (AvgIpc) is 2.98. The Morgan fingerprint density at radius 3 is 2.89 bits per heavy atom. The summed E-state index contributed by atoms with van der Waals surface area (Å²) in [5.74, 6) is 0.489. The van der Waals surface area contributed by atoms with Crippen LogP contribution in [0.25, 0.3) is 0 Å². The van der Waals surface area contributed by atoms with Crippen molar-refractivity contribution in [3.05, 3.63) is 20.8 Å². The normalized spacial score (nSPS) is 26.6. The number of Topliss-reactive ketones (excluding diaryl/α,β-unsaturated/α-hetero) is 1. The first-order valence-electron chi connectivity index (χ1n) is 6.61. The van der Waals surface area contributed by atoms with Crippen molar-refractivity contribution >= 4 is 33.0 Å². The van der Waals surface area contributed by atoms with Gasteiger partial charge in [-0.05, 0) is 47.7 Å². The summed E-state index contributed by atoms with van der Waals surface area (Å²) in [6.07, 6.45) is 6.62. The van der Waals surface area contributed by atoms with Gasteiger partial charge < -0.3 is 4.74 Å². The summed E-state index contributed by atoms with van der Waals surface area (Å²) in [5, 5.41) is 1.98. The highest BCUT2D eigenvalue weighted by Gasteiger charge is 2.42. The maximum Gasteiger partial charge on any atom is 0.176 e. The first kappa shape index (κ1) is 12.8. The van der Waals surface area contributed by atoms with Crippen molar-refractivity contribution in [3.8, 4) is 0 Å². The highest BCUT2D eigenvalue weighted by atomic mass is 79.9. The van der Waals surface area contributed by atoms with E-state index in [9.17, 15) is 4.79 Å². The van der Waals surface area contributed by atoms with E-state index >= 15 is 0 Å². The highest BCUT2D eigenvalue weighted by Crippen LogP contribution is 2.43. The van der Waals surface area contributed by atoms with Gasteiger partial charge >= 0.3 is 0 Å². The summed E-state index contributed by atoms with van der Waals surface area (Å²) < 4.78 is 7.00. The van der Waals surface area contributed by atoms with E-state index in [-0.39, 0.29) is 11.5 Å². The van der Waals surface area contributed by atoms with Gasteiger partial charge in [0.1, 0.15) is 0 Å². The van der Waals surface area contributed by atoms with Gasteiger partial charge in [-0.2, -0.15) is 0 Å². The first-order valence-corrected chi connectivity index (χ1v) is 8.28. The summed E-state index contributed by atoms with van der Waals surface area (Å²) >= 11 is 4.96. The van der Waals surface area contributed by atoms with E-state index in [1.807, 2.05) is 11.4 Å². The van der Waals surface area contributed by atoms with Crippen LogP contribution in [0.1, 0.15) is 48.2 Å². The third kappa shape index (κ3) is 2.43. The molecule has 1 unspecified atom stereocenters. The molecule has 2 aliphatic rings. The lowest BCUT2D eigenvalue weighted by Gasteiger charge is -2.37. The second kappa shape index (κ2) is 5.06. The van der Waals surface area contributed by atoms with Gasteiger partial charge in [0.2, 0.25) is 0 Å². The van der Waals surface area contributed by atoms with E-state index < -0.39 is 0 Å². The van der Waals surface area contributed by atoms with Crippen molar-refractivity contribution < 1.29 is 9.53 Å². The molecule has 1 aromatic rings. The number of hydrogen-bond donors (Lipinski definition) is 0. The Balaban J connectivity index is 1.74. The molecule has 0 bridgehead atoms. The molecule has 2 heterocycles. The van der Waals surface area contributed by atoms with Crippen LogP contribution in [-0.2, 0) is 4.74 Å². The zero-order valence-electron chi connectivity index (χ0n) is 10.3. The van der Waals surface area contributed by atoms with Gasteiger partial charge in [0.05, 0.1) is 10.5 Å². The van der Waals surface area contributed by atoms with E-state index in [0.717, 1.165) is 41.6 Å². The van der Waals surface area contributed by atoms with E-state index in [1.54, 1.807) is 11.3 Å². The minimum absolute atomic E-state index is 0.0348. The predicted molar refractivity (Wildman–Crippen MR) is 76.2 cm³/mol. The van der Waals surface area contributed by atoms with Crippen molar-refractivity contribution in [1.29, 1.82) is 0 Å². The number of carbonyl (C=O) groups excluding carboxylic acids is 1. The fourth-order valence-electron chi connectivity index (χ4n) is 3.26. The van der Waals surface area contributed by atoms with Crippen LogP contribution >= 0.6 is 27.3 Å². The predicted octanol–water partition coefficient (Wildman–Crippen LogP) is 4.43. The molecule has 1 saturated carbocycles. The lowest BCUT2D eigenvalue weighted by Crippen LogP contribution is -2.39. The first-order chi connectivity index (χ1) is 8.69. The standard InChI is InChI=1S/C14H17BrO2S/c15-11-7-12(18-9-11)13(16)10-3-6-17-14(8-10)4-1-2-5-14/h7,9-10H,1-6,8H2. The van der Waals surface area contributed by atoms with Crippen molar-refractivity contribution in [3.63, 3.8) is 0 Å². The number of halogens is 1. The lowest BCUT2D eigenvalue weighted by atomic mass is 9.82. The zero-order chi connectivity index (χ0) is 12.6. The van der Waals surface area contributed by atoms with E-state index in [1.165, 1.54) is 12.8 Å². The van der Waals surface area contributed by atoms with Crippen LogP contribution in [0.15, 0.2) is 15.9 Å². The van der Waals surface area contributed by atoms with Crippen LogP contribution in [-0.4, -0.2) is 18.0 Å². The quantitative estimate of drug-likeness (QED) is 0.750. The molecule has 2 fully saturated rings. The van der Waals surface area contributed by atoms with Crippen LogP contribution in [0.5, 0.6) is 0 Å². The molecule has 1 atom stereocenters.